The molecule has 0 heterocycles. The number of rotatable bonds is 4. The van der Waals surface area contributed by atoms with Crippen molar-refractivity contribution in [1.29, 1.82) is 0 Å². The molecule has 20 heavy (non-hydrogen) atoms. The van der Waals surface area contributed by atoms with Crippen LogP contribution in [0.5, 0.6) is 0 Å². The summed E-state index contributed by atoms with van der Waals surface area (Å²) in [5.41, 5.74) is 6.26. The molecule has 0 fully saturated rings. The molecule has 0 unspecified atom stereocenters. The Morgan fingerprint density at radius 1 is 1.15 bits per heavy atom. The van der Waals surface area contributed by atoms with E-state index in [1.807, 2.05) is 0 Å². The Hall–Kier alpha value is -1.43. The predicted molar refractivity (Wildman–Crippen MR) is 76.6 cm³/mol. The van der Waals surface area contributed by atoms with Gasteiger partial charge in [0.1, 0.15) is 5.82 Å². The molecular weight excluding hydrogens is 301 g/mol. The van der Waals surface area contributed by atoms with E-state index in [1.54, 1.807) is 12.1 Å². The van der Waals surface area contributed by atoms with Crippen molar-refractivity contribution in [3.05, 3.63) is 64.4 Å². The van der Waals surface area contributed by atoms with Crippen LogP contribution in [-0.2, 0) is 22.1 Å². The Morgan fingerprint density at radius 3 is 2.55 bits per heavy atom. The normalized spacial score (nSPS) is 11.6. The third-order valence-corrected chi connectivity index (χ3v) is 4.74. The molecule has 2 rings (SSSR count). The largest absolute Gasteiger partial charge is 0.326 e. The summed E-state index contributed by atoms with van der Waals surface area (Å²) in [7, 11) is -3.65. The van der Waals surface area contributed by atoms with Crippen LogP contribution in [0, 0.1) is 5.82 Å². The summed E-state index contributed by atoms with van der Waals surface area (Å²) in [6.07, 6.45) is 0. The molecule has 2 aromatic carbocycles. The van der Waals surface area contributed by atoms with E-state index in [0.717, 1.165) is 0 Å². The molecule has 2 N–H and O–H groups in total. The van der Waals surface area contributed by atoms with Gasteiger partial charge < -0.3 is 5.73 Å². The smallest absolute Gasteiger partial charge is 0.182 e. The van der Waals surface area contributed by atoms with Crippen molar-refractivity contribution in [2.45, 2.75) is 17.2 Å². The molecule has 0 spiro atoms. The van der Waals surface area contributed by atoms with Crippen LogP contribution in [0.15, 0.2) is 47.4 Å². The first-order chi connectivity index (χ1) is 9.42. The molecule has 0 saturated heterocycles. The Bertz CT molecular complexity index is 732. The van der Waals surface area contributed by atoms with Gasteiger partial charge >= 0.3 is 0 Å². The molecule has 0 aliphatic rings. The maximum atomic E-state index is 13.7. The summed E-state index contributed by atoms with van der Waals surface area (Å²) in [5.74, 6) is -0.986. The van der Waals surface area contributed by atoms with Crippen molar-refractivity contribution in [3.63, 3.8) is 0 Å². The first kappa shape index (κ1) is 15.0. The Balaban J connectivity index is 2.38. The van der Waals surface area contributed by atoms with Gasteiger partial charge in [0.25, 0.3) is 0 Å². The lowest BCUT2D eigenvalue weighted by molar-refractivity contribution is 0.586. The molecule has 0 saturated carbocycles. The van der Waals surface area contributed by atoms with Crippen molar-refractivity contribution in [1.82, 2.24) is 0 Å². The zero-order valence-corrected chi connectivity index (χ0v) is 12.1. The highest BCUT2D eigenvalue weighted by Gasteiger charge is 2.18. The van der Waals surface area contributed by atoms with Crippen molar-refractivity contribution in [2.24, 2.45) is 5.73 Å². The molecular formula is C14H13ClFNO2S. The first-order valence-electron chi connectivity index (χ1n) is 5.88. The summed E-state index contributed by atoms with van der Waals surface area (Å²) < 4.78 is 38.2. The summed E-state index contributed by atoms with van der Waals surface area (Å²) in [6.45, 7) is 0.227. The highest BCUT2D eigenvalue weighted by molar-refractivity contribution is 7.90. The fourth-order valence-corrected chi connectivity index (χ4v) is 3.46. The second-order valence-corrected chi connectivity index (χ2v) is 6.77. The Morgan fingerprint density at radius 2 is 1.90 bits per heavy atom. The van der Waals surface area contributed by atoms with Gasteiger partial charge in [-0.05, 0) is 29.8 Å². The number of nitrogens with two attached hydrogens (primary N) is 1. The van der Waals surface area contributed by atoms with E-state index in [2.05, 4.69) is 0 Å². The molecule has 0 atom stereocenters. The van der Waals surface area contributed by atoms with E-state index in [-0.39, 0.29) is 17.0 Å². The molecule has 3 nitrogen and oxygen atoms in total. The standard InChI is InChI=1S/C14H13ClFNO2S/c15-12-2-1-3-13(7-12)20(18,19)9-11-6-10(8-17)4-5-14(11)16/h1-7H,8-9,17H2. The third kappa shape index (κ3) is 3.36. The van der Waals surface area contributed by atoms with Gasteiger partial charge in [-0.1, -0.05) is 29.8 Å². The van der Waals surface area contributed by atoms with Gasteiger partial charge in [-0.25, -0.2) is 12.8 Å². The molecule has 106 valence electrons. The molecule has 0 aromatic heterocycles. The van der Waals surface area contributed by atoms with E-state index in [1.165, 1.54) is 30.3 Å². The predicted octanol–water partition coefficient (Wildman–Crippen LogP) is 2.91. The average molecular weight is 314 g/mol. The average Bonchev–Trinajstić information content (AvgIpc) is 2.41. The highest BCUT2D eigenvalue weighted by atomic mass is 35.5. The summed E-state index contributed by atoms with van der Waals surface area (Å²) >= 11 is 5.78. The van der Waals surface area contributed by atoms with Crippen molar-refractivity contribution in [3.8, 4) is 0 Å². The van der Waals surface area contributed by atoms with E-state index >= 15 is 0 Å². The third-order valence-electron chi connectivity index (χ3n) is 2.85. The summed E-state index contributed by atoms with van der Waals surface area (Å²) in [5, 5.41) is 0.322. The number of hydrogen-bond acceptors (Lipinski definition) is 3. The zero-order valence-electron chi connectivity index (χ0n) is 10.5. The minimum atomic E-state index is -3.65. The maximum absolute atomic E-state index is 13.7. The highest BCUT2D eigenvalue weighted by Crippen LogP contribution is 2.21. The van der Waals surface area contributed by atoms with Crippen LogP contribution in [0.2, 0.25) is 5.02 Å². The van der Waals surface area contributed by atoms with Crippen molar-refractivity contribution in [2.75, 3.05) is 0 Å². The number of benzene rings is 2. The number of halogens is 2. The molecule has 0 bridgehead atoms. The van der Waals surface area contributed by atoms with Crippen LogP contribution in [0.4, 0.5) is 4.39 Å². The zero-order chi connectivity index (χ0) is 14.8. The van der Waals surface area contributed by atoms with Gasteiger partial charge in [0.2, 0.25) is 0 Å². The molecule has 6 heteroatoms. The quantitative estimate of drug-likeness (QED) is 0.944. The van der Waals surface area contributed by atoms with E-state index < -0.39 is 21.4 Å². The van der Waals surface area contributed by atoms with Gasteiger partial charge in [-0.15, -0.1) is 0 Å². The lowest BCUT2D eigenvalue weighted by atomic mass is 10.1. The van der Waals surface area contributed by atoms with E-state index in [4.69, 9.17) is 17.3 Å². The van der Waals surface area contributed by atoms with Crippen LogP contribution in [-0.4, -0.2) is 8.42 Å². The fourth-order valence-electron chi connectivity index (χ4n) is 1.81. The van der Waals surface area contributed by atoms with Crippen LogP contribution >= 0.6 is 11.6 Å². The maximum Gasteiger partial charge on any atom is 0.182 e. The van der Waals surface area contributed by atoms with E-state index in [0.29, 0.717) is 10.6 Å². The number of sulfone groups is 1. The molecule has 0 radical (unpaired) electrons. The van der Waals surface area contributed by atoms with Gasteiger partial charge in [-0.3, -0.25) is 0 Å². The molecule has 2 aromatic rings. The second kappa shape index (κ2) is 5.91. The topological polar surface area (TPSA) is 60.2 Å². The van der Waals surface area contributed by atoms with Crippen molar-refractivity contribution >= 4 is 21.4 Å². The van der Waals surface area contributed by atoms with Crippen LogP contribution in [0.3, 0.4) is 0 Å². The van der Waals surface area contributed by atoms with Crippen LogP contribution in [0.1, 0.15) is 11.1 Å². The summed E-state index contributed by atoms with van der Waals surface area (Å²) in [6, 6.07) is 10.1. The number of hydrogen-bond donors (Lipinski definition) is 1. The second-order valence-electron chi connectivity index (χ2n) is 4.35. The lowest BCUT2D eigenvalue weighted by Crippen LogP contribution is -2.08. The van der Waals surface area contributed by atoms with Gasteiger partial charge in [-0.2, -0.15) is 0 Å². The monoisotopic (exact) mass is 313 g/mol. The van der Waals surface area contributed by atoms with Gasteiger partial charge in [0.15, 0.2) is 9.84 Å². The molecule has 0 aliphatic heterocycles. The van der Waals surface area contributed by atoms with Gasteiger partial charge in [0.05, 0.1) is 10.6 Å². The van der Waals surface area contributed by atoms with Crippen molar-refractivity contribution < 1.29 is 12.8 Å². The van der Waals surface area contributed by atoms with E-state index in [9.17, 15) is 12.8 Å². The molecule has 0 amide bonds. The SMILES string of the molecule is NCc1ccc(F)c(CS(=O)(=O)c2cccc(Cl)c2)c1. The first-order valence-corrected chi connectivity index (χ1v) is 7.91. The Kier molecular flexibility index (Phi) is 4.42. The minimum absolute atomic E-state index is 0.0718. The summed E-state index contributed by atoms with van der Waals surface area (Å²) in [4.78, 5) is 0.0718. The lowest BCUT2D eigenvalue weighted by Gasteiger charge is -2.08. The van der Waals surface area contributed by atoms with Crippen LogP contribution in [0.25, 0.3) is 0 Å². The Labute approximate surface area is 122 Å². The van der Waals surface area contributed by atoms with Crippen LogP contribution < -0.4 is 5.73 Å². The van der Waals surface area contributed by atoms with Gasteiger partial charge in [0, 0.05) is 17.1 Å². The minimum Gasteiger partial charge on any atom is -0.326 e. The molecule has 0 aliphatic carbocycles. The fraction of sp³-hybridized carbons (Fsp3) is 0.143.